The van der Waals surface area contributed by atoms with Crippen LogP contribution in [0.2, 0.25) is 0 Å². The third kappa shape index (κ3) is 3.09. The molecule has 0 aliphatic rings. The second-order valence-corrected chi connectivity index (χ2v) is 6.09. The molecule has 3 rings (SSSR count). The number of halogens is 5. The molecule has 0 aliphatic heterocycles. The average molecular weight is 383 g/mol. The molecule has 0 bridgehead atoms. The van der Waals surface area contributed by atoms with E-state index in [1.807, 2.05) is 29.7 Å². The summed E-state index contributed by atoms with van der Waals surface area (Å²) in [5, 5.41) is 1.48. The molecule has 0 saturated carbocycles. The number of aromatic nitrogens is 1. The summed E-state index contributed by atoms with van der Waals surface area (Å²) in [7, 11) is 0. The smallest absolute Gasteiger partial charge is 0.341 e. The van der Waals surface area contributed by atoms with Crippen molar-refractivity contribution in [3.05, 3.63) is 48.0 Å². The van der Waals surface area contributed by atoms with Crippen LogP contribution in [-0.4, -0.2) is 28.2 Å². The normalized spacial score (nSPS) is 12.7. The summed E-state index contributed by atoms with van der Waals surface area (Å²) in [6, 6.07) is 11.7. The number of Topliss-reactive ketones (excluding diaryl/α,β-unsaturated/α-hetero) is 2. The molecule has 2 aromatic carbocycles. The number of aryl methyl sites for hydroxylation is 1. The number of carbonyl (C=O) groups excluding carboxylic acids is 2. The zero-order chi connectivity index (χ0) is 20.0. The van der Waals surface area contributed by atoms with Gasteiger partial charge in [-0.25, -0.2) is 0 Å². The number of benzene rings is 2. The summed E-state index contributed by atoms with van der Waals surface area (Å²) in [5.41, 5.74) is 1.61. The molecule has 0 saturated heterocycles. The molecule has 8 heteroatoms. The molecule has 0 spiro atoms. The molecule has 0 aliphatic carbocycles. The monoisotopic (exact) mass is 383 g/mol. The van der Waals surface area contributed by atoms with Crippen molar-refractivity contribution in [1.29, 1.82) is 0 Å². The molecule has 0 atom stereocenters. The van der Waals surface area contributed by atoms with Gasteiger partial charge < -0.3 is 4.57 Å². The molecule has 27 heavy (non-hydrogen) atoms. The second kappa shape index (κ2) is 6.44. The average Bonchev–Trinajstić information content (AvgIpc) is 2.93. The van der Waals surface area contributed by atoms with Crippen LogP contribution in [0.5, 0.6) is 0 Å². The van der Waals surface area contributed by atoms with E-state index in [9.17, 15) is 31.5 Å². The Labute approximate surface area is 150 Å². The van der Waals surface area contributed by atoms with Crippen molar-refractivity contribution < 1.29 is 31.5 Å². The van der Waals surface area contributed by atoms with Crippen molar-refractivity contribution in [2.24, 2.45) is 0 Å². The Balaban J connectivity index is 1.99. The molecule has 3 aromatic rings. The quantitative estimate of drug-likeness (QED) is 0.347. The zero-order valence-corrected chi connectivity index (χ0v) is 14.1. The van der Waals surface area contributed by atoms with Gasteiger partial charge in [0, 0.05) is 33.9 Å². The number of rotatable bonds is 5. The van der Waals surface area contributed by atoms with E-state index in [1.165, 1.54) is 12.1 Å². The molecule has 1 heterocycles. The topological polar surface area (TPSA) is 39.1 Å². The van der Waals surface area contributed by atoms with Crippen LogP contribution < -0.4 is 0 Å². The first-order valence-corrected chi connectivity index (χ1v) is 8.10. The van der Waals surface area contributed by atoms with Crippen LogP contribution in [0.4, 0.5) is 22.0 Å². The number of hydrogen-bond acceptors (Lipinski definition) is 2. The van der Waals surface area contributed by atoms with Gasteiger partial charge in [0.2, 0.25) is 5.78 Å². The molecule has 0 unspecified atom stereocenters. The summed E-state index contributed by atoms with van der Waals surface area (Å²) >= 11 is 0. The zero-order valence-electron chi connectivity index (χ0n) is 14.1. The van der Waals surface area contributed by atoms with Crippen LogP contribution in [-0.2, 0) is 11.3 Å². The van der Waals surface area contributed by atoms with E-state index >= 15 is 0 Å². The van der Waals surface area contributed by atoms with Crippen LogP contribution >= 0.6 is 0 Å². The molecule has 0 amide bonds. The Kier molecular flexibility index (Phi) is 4.53. The van der Waals surface area contributed by atoms with Gasteiger partial charge in [-0.2, -0.15) is 22.0 Å². The SMILES string of the molecule is CCn1c2ccccc2c2cc(C(=O)CC(=O)C(F)(F)C(F)(F)F)ccc21. The highest BCUT2D eigenvalue weighted by Gasteiger charge is 2.62. The molecule has 3 nitrogen and oxygen atoms in total. The largest absolute Gasteiger partial charge is 0.461 e. The lowest BCUT2D eigenvalue weighted by molar-refractivity contribution is -0.268. The van der Waals surface area contributed by atoms with Crippen LogP contribution in [0.3, 0.4) is 0 Å². The molecule has 0 N–H and O–H groups in total. The minimum atomic E-state index is -6.02. The summed E-state index contributed by atoms with van der Waals surface area (Å²) in [5.74, 6) is -9.10. The number of nitrogens with zero attached hydrogens (tertiary/aromatic N) is 1. The van der Waals surface area contributed by atoms with E-state index in [1.54, 1.807) is 12.1 Å². The summed E-state index contributed by atoms with van der Waals surface area (Å²) in [6.45, 7) is 2.58. The van der Waals surface area contributed by atoms with Crippen LogP contribution in [0, 0.1) is 0 Å². The van der Waals surface area contributed by atoms with Crippen LogP contribution in [0.15, 0.2) is 42.5 Å². The first-order valence-electron chi connectivity index (χ1n) is 8.10. The van der Waals surface area contributed by atoms with Crippen molar-refractivity contribution in [3.8, 4) is 0 Å². The predicted molar refractivity (Wildman–Crippen MR) is 90.1 cm³/mol. The van der Waals surface area contributed by atoms with Crippen molar-refractivity contribution in [1.82, 2.24) is 4.57 Å². The summed E-state index contributed by atoms with van der Waals surface area (Å²) < 4.78 is 65.0. The van der Waals surface area contributed by atoms with Crippen molar-refractivity contribution in [3.63, 3.8) is 0 Å². The number of fused-ring (bicyclic) bond motifs is 3. The maximum absolute atomic E-state index is 13.1. The van der Waals surface area contributed by atoms with Gasteiger partial charge in [-0.05, 0) is 31.2 Å². The molecule has 142 valence electrons. The molecular weight excluding hydrogens is 369 g/mol. The Morgan fingerprint density at radius 1 is 0.926 bits per heavy atom. The van der Waals surface area contributed by atoms with E-state index in [0.717, 1.165) is 16.4 Å². The third-order valence-electron chi connectivity index (χ3n) is 4.44. The maximum Gasteiger partial charge on any atom is 0.461 e. The lowest BCUT2D eigenvalue weighted by atomic mass is 10.0. The fourth-order valence-electron chi connectivity index (χ4n) is 3.08. The van der Waals surface area contributed by atoms with Crippen molar-refractivity contribution in [2.45, 2.75) is 32.0 Å². The van der Waals surface area contributed by atoms with E-state index in [4.69, 9.17) is 0 Å². The Morgan fingerprint density at radius 2 is 1.56 bits per heavy atom. The standard InChI is InChI=1S/C19H14F5NO2/c1-2-25-14-6-4-3-5-12(14)13-9-11(7-8-15(13)25)16(26)10-17(27)18(20,21)19(22,23)24/h3-9H,2,10H2,1H3. The number of alkyl halides is 5. The van der Waals surface area contributed by atoms with Gasteiger partial charge in [-0.1, -0.05) is 18.2 Å². The second-order valence-electron chi connectivity index (χ2n) is 6.09. The highest BCUT2D eigenvalue weighted by atomic mass is 19.4. The van der Waals surface area contributed by atoms with Gasteiger partial charge in [-0.3, -0.25) is 9.59 Å². The number of ketones is 2. The predicted octanol–water partition coefficient (Wildman–Crippen LogP) is 5.15. The highest BCUT2D eigenvalue weighted by Crippen LogP contribution is 2.37. The fraction of sp³-hybridized carbons (Fsp3) is 0.263. The first-order chi connectivity index (χ1) is 12.6. The van der Waals surface area contributed by atoms with Gasteiger partial charge in [0.1, 0.15) is 0 Å². The maximum atomic E-state index is 13.1. The molecule has 0 fully saturated rings. The molecular formula is C19H14F5NO2. The minimum Gasteiger partial charge on any atom is -0.341 e. The summed E-state index contributed by atoms with van der Waals surface area (Å²) in [6.07, 6.45) is -7.55. The number of para-hydroxylation sites is 1. The number of carbonyl (C=O) groups is 2. The molecule has 1 aromatic heterocycles. The Bertz CT molecular complexity index is 1050. The van der Waals surface area contributed by atoms with Gasteiger partial charge >= 0.3 is 12.1 Å². The Hall–Kier alpha value is -2.77. The van der Waals surface area contributed by atoms with Gasteiger partial charge in [0.15, 0.2) is 5.78 Å². The number of hydrogen-bond donors (Lipinski definition) is 0. The molecule has 0 radical (unpaired) electrons. The minimum absolute atomic E-state index is 0.0900. The van der Waals surface area contributed by atoms with E-state index < -0.39 is 30.1 Å². The summed E-state index contributed by atoms with van der Waals surface area (Å²) in [4.78, 5) is 23.5. The lowest BCUT2D eigenvalue weighted by Gasteiger charge is -2.17. The third-order valence-corrected chi connectivity index (χ3v) is 4.44. The van der Waals surface area contributed by atoms with Gasteiger partial charge in [-0.15, -0.1) is 0 Å². The van der Waals surface area contributed by atoms with E-state index in [-0.39, 0.29) is 5.56 Å². The van der Waals surface area contributed by atoms with Gasteiger partial charge in [0.25, 0.3) is 0 Å². The highest BCUT2D eigenvalue weighted by molar-refractivity contribution is 6.14. The van der Waals surface area contributed by atoms with Crippen LogP contribution in [0.25, 0.3) is 21.8 Å². The van der Waals surface area contributed by atoms with E-state index in [2.05, 4.69) is 0 Å². The van der Waals surface area contributed by atoms with Gasteiger partial charge in [0.05, 0.1) is 6.42 Å². The first kappa shape index (κ1) is 19.0. The van der Waals surface area contributed by atoms with E-state index in [0.29, 0.717) is 11.9 Å². The Morgan fingerprint density at radius 3 is 2.19 bits per heavy atom. The van der Waals surface area contributed by atoms with Crippen LogP contribution in [0.1, 0.15) is 23.7 Å². The lowest BCUT2D eigenvalue weighted by Crippen LogP contribution is -2.44. The van der Waals surface area contributed by atoms with Crippen molar-refractivity contribution in [2.75, 3.05) is 0 Å². The fourth-order valence-corrected chi connectivity index (χ4v) is 3.08. The van der Waals surface area contributed by atoms with Crippen molar-refractivity contribution >= 4 is 33.4 Å².